The number of hydrogen-bond acceptors (Lipinski definition) is 6. The maximum absolute atomic E-state index is 12.8. The van der Waals surface area contributed by atoms with Crippen molar-refractivity contribution in [1.29, 1.82) is 0 Å². The highest BCUT2D eigenvalue weighted by molar-refractivity contribution is 5.92. The Balaban J connectivity index is 1.22. The van der Waals surface area contributed by atoms with E-state index in [-0.39, 0.29) is 11.5 Å². The van der Waals surface area contributed by atoms with Crippen molar-refractivity contribution < 1.29 is 14.3 Å². The zero-order chi connectivity index (χ0) is 21.5. The lowest BCUT2D eigenvalue weighted by molar-refractivity contribution is -0.0791. The van der Waals surface area contributed by atoms with Gasteiger partial charge in [-0.1, -0.05) is 18.2 Å². The van der Waals surface area contributed by atoms with E-state index in [0.29, 0.717) is 32.0 Å². The van der Waals surface area contributed by atoms with Crippen LogP contribution in [0.3, 0.4) is 0 Å². The van der Waals surface area contributed by atoms with Crippen molar-refractivity contribution in [2.24, 2.45) is 0 Å². The van der Waals surface area contributed by atoms with Gasteiger partial charge < -0.3 is 24.3 Å². The quantitative estimate of drug-likeness (QED) is 0.669. The minimum atomic E-state index is -0.280. The van der Waals surface area contributed by atoms with E-state index in [1.54, 1.807) is 17.3 Å². The molecule has 8 nitrogen and oxygen atoms in total. The van der Waals surface area contributed by atoms with Crippen molar-refractivity contribution >= 4 is 22.6 Å². The Kier molecular flexibility index (Phi) is 4.84. The largest absolute Gasteiger partial charge is 0.378 e. The highest BCUT2D eigenvalue weighted by atomic mass is 16.5. The van der Waals surface area contributed by atoms with E-state index in [1.165, 1.54) is 22.2 Å². The molecule has 0 radical (unpaired) electrons. The summed E-state index contributed by atoms with van der Waals surface area (Å²) in [6.45, 7) is 4.70. The fraction of sp³-hybridized carbons (Fsp3) is 0.458. The Morgan fingerprint density at radius 2 is 1.84 bits per heavy atom. The van der Waals surface area contributed by atoms with Crippen molar-refractivity contribution in [1.82, 2.24) is 19.9 Å². The third-order valence-electron chi connectivity index (χ3n) is 7.03. The number of benzene rings is 1. The first-order valence-corrected chi connectivity index (χ1v) is 11.4. The summed E-state index contributed by atoms with van der Waals surface area (Å²) in [6, 6.07) is 8.52. The monoisotopic (exact) mass is 433 g/mol. The van der Waals surface area contributed by atoms with E-state index in [1.807, 2.05) is 0 Å². The molecule has 0 atom stereocenters. The minimum absolute atomic E-state index is 0.0746. The zero-order valence-corrected chi connectivity index (χ0v) is 18.0. The molecule has 1 aromatic carbocycles. The minimum Gasteiger partial charge on any atom is -0.378 e. The second-order valence-electron chi connectivity index (χ2n) is 8.77. The topological polar surface area (TPSA) is 83.6 Å². The predicted octanol–water partition coefficient (Wildman–Crippen LogP) is 2.50. The molecule has 0 aliphatic carbocycles. The molecule has 3 aromatic rings. The first-order valence-electron chi connectivity index (χ1n) is 11.4. The lowest BCUT2D eigenvalue weighted by Crippen LogP contribution is -2.47. The molecule has 2 fully saturated rings. The van der Waals surface area contributed by atoms with Gasteiger partial charge in [-0.3, -0.25) is 9.78 Å². The van der Waals surface area contributed by atoms with Crippen molar-refractivity contribution in [2.45, 2.75) is 24.9 Å². The van der Waals surface area contributed by atoms with E-state index in [2.05, 4.69) is 44.1 Å². The normalized spacial score (nSPS) is 20.5. The number of fused-ring (bicyclic) bond motifs is 4. The summed E-state index contributed by atoms with van der Waals surface area (Å²) in [7, 11) is 0. The Hall–Kier alpha value is -2.97. The number of rotatable bonds is 2. The maximum atomic E-state index is 12.8. The zero-order valence-electron chi connectivity index (χ0n) is 18.0. The number of hydrogen-bond donors (Lipinski definition) is 1. The summed E-state index contributed by atoms with van der Waals surface area (Å²) < 4.78 is 11.8. The Morgan fingerprint density at radius 3 is 2.69 bits per heavy atom. The van der Waals surface area contributed by atoms with Crippen LogP contribution in [0.15, 0.2) is 36.7 Å². The van der Waals surface area contributed by atoms with Crippen LogP contribution in [0.1, 0.15) is 34.6 Å². The Bertz CT molecular complexity index is 1150. The molecule has 166 valence electrons. The lowest BCUT2D eigenvalue weighted by Gasteiger charge is -2.44. The van der Waals surface area contributed by atoms with Crippen LogP contribution in [0.25, 0.3) is 10.9 Å². The average molecular weight is 434 g/mol. The number of carbonyl (C=O) groups is 1. The van der Waals surface area contributed by atoms with Gasteiger partial charge in [-0.2, -0.15) is 0 Å². The molecule has 8 heteroatoms. The molecule has 6 rings (SSSR count). The van der Waals surface area contributed by atoms with Gasteiger partial charge in [0.15, 0.2) is 0 Å². The van der Waals surface area contributed by atoms with E-state index >= 15 is 0 Å². The SMILES string of the molecule is O=C(c1cncc(N2CCC3(CC2)OCCc2c3[nH]c3ccccc23)n1)N1CCOCC1. The van der Waals surface area contributed by atoms with Crippen molar-refractivity contribution in [3.05, 3.63) is 53.6 Å². The molecule has 1 N–H and O–H groups in total. The standard InChI is InChI=1S/C24H27N5O3/c30-23(29-10-13-31-14-11-29)20-15-25-16-21(26-20)28-8-6-24(7-9-28)22-18(5-12-32-24)17-3-1-2-4-19(17)27-22/h1-4,15-16,27H,5-14H2. The van der Waals surface area contributed by atoms with Gasteiger partial charge in [0, 0.05) is 37.1 Å². The van der Waals surface area contributed by atoms with Crippen LogP contribution in [-0.2, 0) is 21.5 Å². The summed E-state index contributed by atoms with van der Waals surface area (Å²) in [5.41, 5.74) is 3.95. The van der Waals surface area contributed by atoms with Crippen LogP contribution < -0.4 is 4.90 Å². The molecule has 2 saturated heterocycles. The molecule has 0 unspecified atom stereocenters. The van der Waals surface area contributed by atoms with Crippen molar-refractivity contribution in [3.63, 3.8) is 0 Å². The molecule has 0 bridgehead atoms. The predicted molar refractivity (Wildman–Crippen MR) is 120 cm³/mol. The van der Waals surface area contributed by atoms with E-state index in [4.69, 9.17) is 9.47 Å². The fourth-order valence-electron chi connectivity index (χ4n) is 5.30. The van der Waals surface area contributed by atoms with Gasteiger partial charge >= 0.3 is 0 Å². The van der Waals surface area contributed by atoms with Gasteiger partial charge in [-0.15, -0.1) is 0 Å². The van der Waals surface area contributed by atoms with Gasteiger partial charge in [0.2, 0.25) is 0 Å². The number of para-hydroxylation sites is 1. The Morgan fingerprint density at radius 1 is 1.03 bits per heavy atom. The smallest absolute Gasteiger partial charge is 0.274 e. The van der Waals surface area contributed by atoms with Crippen molar-refractivity contribution in [3.8, 4) is 0 Å². The molecule has 32 heavy (non-hydrogen) atoms. The number of H-pyrrole nitrogens is 1. The third kappa shape index (κ3) is 3.25. The van der Waals surface area contributed by atoms with Gasteiger partial charge in [0.1, 0.15) is 17.1 Å². The van der Waals surface area contributed by atoms with Crippen molar-refractivity contribution in [2.75, 3.05) is 50.9 Å². The molecule has 0 saturated carbocycles. The molecular formula is C24H27N5O3. The molecule has 2 aromatic heterocycles. The number of morpholine rings is 1. The summed E-state index contributed by atoms with van der Waals surface area (Å²) >= 11 is 0. The second-order valence-corrected chi connectivity index (χ2v) is 8.77. The number of carbonyl (C=O) groups excluding carboxylic acids is 1. The van der Waals surface area contributed by atoms with Crippen LogP contribution in [0.5, 0.6) is 0 Å². The Labute approximate surface area is 186 Å². The molecule has 3 aliphatic rings. The summed E-state index contributed by atoms with van der Waals surface area (Å²) in [4.78, 5) is 29.5. The first-order chi connectivity index (χ1) is 15.7. The summed E-state index contributed by atoms with van der Waals surface area (Å²) in [6.07, 6.45) is 6.01. The highest BCUT2D eigenvalue weighted by Crippen LogP contribution is 2.43. The molecular weight excluding hydrogens is 406 g/mol. The summed E-state index contributed by atoms with van der Waals surface area (Å²) in [5, 5.41) is 1.31. The number of aromatic nitrogens is 3. The molecule has 1 spiro atoms. The number of piperidine rings is 1. The summed E-state index contributed by atoms with van der Waals surface area (Å²) in [5.74, 6) is 0.682. The molecule has 5 heterocycles. The molecule has 3 aliphatic heterocycles. The average Bonchev–Trinajstić information content (AvgIpc) is 3.25. The van der Waals surface area contributed by atoms with Crippen LogP contribution in [-0.4, -0.2) is 71.8 Å². The van der Waals surface area contributed by atoms with Crippen LogP contribution >= 0.6 is 0 Å². The van der Waals surface area contributed by atoms with E-state index < -0.39 is 0 Å². The number of nitrogens with one attached hydrogen (secondary N) is 1. The number of aromatic amines is 1. The molecule has 1 amide bonds. The van der Waals surface area contributed by atoms with Gasteiger partial charge in [-0.05, 0) is 30.9 Å². The highest BCUT2D eigenvalue weighted by Gasteiger charge is 2.43. The number of amides is 1. The van der Waals surface area contributed by atoms with E-state index in [0.717, 1.165) is 44.8 Å². The van der Waals surface area contributed by atoms with Gasteiger partial charge in [0.25, 0.3) is 5.91 Å². The van der Waals surface area contributed by atoms with E-state index in [9.17, 15) is 4.79 Å². The lowest BCUT2D eigenvalue weighted by atomic mass is 9.83. The fourth-order valence-corrected chi connectivity index (χ4v) is 5.30. The van der Waals surface area contributed by atoms with Crippen LogP contribution in [0.4, 0.5) is 5.82 Å². The first kappa shape index (κ1) is 19.7. The second kappa shape index (κ2) is 7.86. The number of ether oxygens (including phenoxy) is 2. The third-order valence-corrected chi connectivity index (χ3v) is 7.03. The number of anilines is 1. The van der Waals surface area contributed by atoms with Gasteiger partial charge in [0.05, 0.1) is 37.9 Å². The maximum Gasteiger partial charge on any atom is 0.274 e. The van der Waals surface area contributed by atoms with Gasteiger partial charge in [-0.25, -0.2) is 4.98 Å². The van der Waals surface area contributed by atoms with Crippen LogP contribution in [0.2, 0.25) is 0 Å². The number of nitrogens with zero attached hydrogens (tertiary/aromatic N) is 4. The van der Waals surface area contributed by atoms with Crippen LogP contribution in [0, 0.1) is 0 Å².